The molecule has 1 saturated heterocycles. The number of hydrogen-bond acceptors (Lipinski definition) is 3. The second-order valence-electron chi connectivity index (χ2n) is 8.27. The minimum atomic E-state index is -4.43. The lowest BCUT2D eigenvalue weighted by Gasteiger charge is -2.32. The molecule has 2 aromatic rings. The van der Waals surface area contributed by atoms with E-state index in [9.17, 15) is 22.8 Å². The highest BCUT2D eigenvalue weighted by atomic mass is 19.4. The molecule has 0 radical (unpaired) electrons. The first-order chi connectivity index (χ1) is 14.7. The van der Waals surface area contributed by atoms with Gasteiger partial charge in [-0.25, -0.2) is 0 Å². The lowest BCUT2D eigenvalue weighted by Crippen LogP contribution is -2.38. The molecule has 1 saturated carbocycles. The van der Waals surface area contributed by atoms with Gasteiger partial charge in [-0.2, -0.15) is 13.2 Å². The van der Waals surface area contributed by atoms with E-state index in [-0.39, 0.29) is 29.3 Å². The summed E-state index contributed by atoms with van der Waals surface area (Å²) < 4.78 is 38.2. The molecule has 1 aliphatic heterocycles. The SMILES string of the molecule is Cc1ccc(C(=O)NC2CC2)c(C2CCN(C(=O)c3ccc(C(F)(F)F)cc3)CC2)n1. The Morgan fingerprint density at radius 3 is 2.23 bits per heavy atom. The first-order valence-corrected chi connectivity index (χ1v) is 10.5. The summed E-state index contributed by atoms with van der Waals surface area (Å²) in [5.74, 6) is -0.333. The fourth-order valence-electron chi connectivity index (χ4n) is 3.91. The van der Waals surface area contributed by atoms with Gasteiger partial charge in [-0.1, -0.05) is 0 Å². The minimum Gasteiger partial charge on any atom is -0.349 e. The molecular formula is C23H24F3N3O2. The van der Waals surface area contributed by atoms with Crippen molar-refractivity contribution in [2.45, 2.75) is 50.7 Å². The smallest absolute Gasteiger partial charge is 0.349 e. The Morgan fingerprint density at radius 2 is 1.65 bits per heavy atom. The number of nitrogens with one attached hydrogen (secondary N) is 1. The molecule has 2 aliphatic rings. The molecule has 2 fully saturated rings. The van der Waals surface area contributed by atoms with Crippen molar-refractivity contribution in [3.05, 3.63) is 64.5 Å². The molecule has 1 N–H and O–H groups in total. The second-order valence-corrected chi connectivity index (χ2v) is 8.27. The second kappa shape index (κ2) is 8.32. The molecule has 0 bridgehead atoms. The number of halogens is 3. The number of carbonyl (C=O) groups is 2. The van der Waals surface area contributed by atoms with Crippen LogP contribution in [-0.4, -0.2) is 40.8 Å². The number of carbonyl (C=O) groups excluding carboxylic acids is 2. The predicted octanol–water partition coefficient (Wildman–Crippen LogP) is 4.32. The maximum absolute atomic E-state index is 12.7. The van der Waals surface area contributed by atoms with Crippen molar-refractivity contribution in [3.63, 3.8) is 0 Å². The maximum atomic E-state index is 12.7. The van der Waals surface area contributed by atoms with Crippen molar-refractivity contribution in [1.82, 2.24) is 15.2 Å². The largest absolute Gasteiger partial charge is 0.416 e. The highest BCUT2D eigenvalue weighted by Crippen LogP contribution is 2.32. The number of rotatable bonds is 4. The number of amides is 2. The molecule has 0 unspecified atom stereocenters. The predicted molar refractivity (Wildman–Crippen MR) is 109 cm³/mol. The normalized spacial score (nSPS) is 17.5. The maximum Gasteiger partial charge on any atom is 0.416 e. The van der Waals surface area contributed by atoms with Gasteiger partial charge in [0.1, 0.15) is 0 Å². The van der Waals surface area contributed by atoms with Gasteiger partial charge in [0.05, 0.1) is 16.8 Å². The summed E-state index contributed by atoms with van der Waals surface area (Å²) >= 11 is 0. The van der Waals surface area contributed by atoms with Gasteiger partial charge in [-0.15, -0.1) is 0 Å². The molecule has 164 valence electrons. The first-order valence-electron chi connectivity index (χ1n) is 10.5. The number of pyridine rings is 1. The van der Waals surface area contributed by atoms with Crippen molar-refractivity contribution in [2.75, 3.05) is 13.1 Å². The quantitative estimate of drug-likeness (QED) is 0.784. The van der Waals surface area contributed by atoms with Crippen LogP contribution in [0.1, 0.15) is 69.3 Å². The summed E-state index contributed by atoms with van der Waals surface area (Å²) in [6.07, 6.45) is -1.13. The minimum absolute atomic E-state index is 0.0523. The highest BCUT2D eigenvalue weighted by Gasteiger charge is 2.32. The zero-order valence-electron chi connectivity index (χ0n) is 17.2. The molecule has 2 amide bonds. The Kier molecular flexibility index (Phi) is 5.73. The summed E-state index contributed by atoms with van der Waals surface area (Å²) in [5.41, 5.74) is 1.65. The molecule has 8 heteroatoms. The van der Waals surface area contributed by atoms with Gasteiger partial charge < -0.3 is 10.2 Å². The van der Waals surface area contributed by atoms with Crippen LogP contribution in [-0.2, 0) is 6.18 Å². The van der Waals surface area contributed by atoms with Gasteiger partial charge in [0.15, 0.2) is 0 Å². The van der Waals surface area contributed by atoms with Crippen LogP contribution in [0.3, 0.4) is 0 Å². The van der Waals surface area contributed by atoms with Crippen molar-refractivity contribution in [3.8, 4) is 0 Å². The van der Waals surface area contributed by atoms with Gasteiger partial charge in [-0.3, -0.25) is 14.6 Å². The Labute approximate surface area is 178 Å². The van der Waals surface area contributed by atoms with E-state index in [4.69, 9.17) is 0 Å². The average Bonchev–Trinajstić information content (AvgIpc) is 3.56. The molecule has 2 heterocycles. The number of hydrogen-bond donors (Lipinski definition) is 1. The summed E-state index contributed by atoms with van der Waals surface area (Å²) in [6.45, 7) is 2.81. The molecule has 31 heavy (non-hydrogen) atoms. The number of likely N-dealkylation sites (tertiary alicyclic amines) is 1. The summed E-state index contributed by atoms with van der Waals surface area (Å²) in [7, 11) is 0. The van der Waals surface area contributed by atoms with Crippen LogP contribution in [0, 0.1) is 6.92 Å². The van der Waals surface area contributed by atoms with Crippen LogP contribution in [0.15, 0.2) is 36.4 Å². The number of nitrogens with zero attached hydrogens (tertiary/aromatic N) is 2. The van der Waals surface area contributed by atoms with E-state index in [1.54, 1.807) is 4.90 Å². The zero-order valence-corrected chi connectivity index (χ0v) is 17.2. The fraction of sp³-hybridized carbons (Fsp3) is 0.435. The van der Waals surface area contributed by atoms with E-state index < -0.39 is 11.7 Å². The van der Waals surface area contributed by atoms with Crippen molar-refractivity contribution < 1.29 is 22.8 Å². The van der Waals surface area contributed by atoms with Crippen LogP contribution in [0.4, 0.5) is 13.2 Å². The Hall–Kier alpha value is -2.90. The lowest BCUT2D eigenvalue weighted by molar-refractivity contribution is -0.137. The third-order valence-corrected chi connectivity index (χ3v) is 5.85. The topological polar surface area (TPSA) is 62.3 Å². The van der Waals surface area contributed by atoms with Gasteiger partial charge >= 0.3 is 6.18 Å². The fourth-order valence-corrected chi connectivity index (χ4v) is 3.91. The van der Waals surface area contributed by atoms with E-state index in [0.717, 1.165) is 36.4 Å². The van der Waals surface area contributed by atoms with Crippen molar-refractivity contribution >= 4 is 11.8 Å². The van der Waals surface area contributed by atoms with Crippen molar-refractivity contribution in [2.24, 2.45) is 0 Å². The average molecular weight is 431 g/mol. The molecular weight excluding hydrogens is 407 g/mol. The van der Waals surface area contributed by atoms with Crippen LogP contribution < -0.4 is 5.32 Å². The van der Waals surface area contributed by atoms with E-state index in [2.05, 4.69) is 10.3 Å². The van der Waals surface area contributed by atoms with E-state index in [1.165, 1.54) is 12.1 Å². The van der Waals surface area contributed by atoms with E-state index in [0.29, 0.717) is 31.5 Å². The molecule has 5 nitrogen and oxygen atoms in total. The zero-order chi connectivity index (χ0) is 22.2. The standard InChI is InChI=1S/C23H24F3N3O2/c1-14-2-9-19(21(30)28-18-7-8-18)20(27-14)15-10-12-29(13-11-15)22(31)16-3-5-17(6-4-16)23(24,25)26/h2-6,9,15,18H,7-8,10-13H2,1H3,(H,28,30). The van der Waals surface area contributed by atoms with Gasteiger partial charge in [0, 0.05) is 36.3 Å². The van der Waals surface area contributed by atoms with Crippen LogP contribution in [0.5, 0.6) is 0 Å². The first kappa shape index (κ1) is 21.3. The van der Waals surface area contributed by atoms with Gasteiger partial charge in [0.25, 0.3) is 11.8 Å². The number of aromatic nitrogens is 1. The highest BCUT2D eigenvalue weighted by molar-refractivity contribution is 5.96. The third kappa shape index (κ3) is 4.89. The van der Waals surface area contributed by atoms with Crippen LogP contribution >= 0.6 is 0 Å². The van der Waals surface area contributed by atoms with Gasteiger partial charge in [0.2, 0.25) is 0 Å². The molecule has 0 atom stereocenters. The molecule has 1 aromatic carbocycles. The Bertz CT molecular complexity index is 977. The molecule has 1 aliphatic carbocycles. The third-order valence-electron chi connectivity index (χ3n) is 5.85. The number of piperidine rings is 1. The summed E-state index contributed by atoms with van der Waals surface area (Å²) in [4.78, 5) is 31.6. The van der Waals surface area contributed by atoms with Gasteiger partial charge in [-0.05, 0) is 69.0 Å². The van der Waals surface area contributed by atoms with Crippen molar-refractivity contribution in [1.29, 1.82) is 0 Å². The lowest BCUT2D eigenvalue weighted by atomic mass is 9.89. The number of aryl methyl sites for hydroxylation is 1. The van der Waals surface area contributed by atoms with Crippen LogP contribution in [0.2, 0.25) is 0 Å². The van der Waals surface area contributed by atoms with Crippen LogP contribution in [0.25, 0.3) is 0 Å². The summed E-state index contributed by atoms with van der Waals surface area (Å²) in [5, 5.41) is 3.01. The van der Waals surface area contributed by atoms with E-state index >= 15 is 0 Å². The Morgan fingerprint density at radius 1 is 1.00 bits per heavy atom. The number of benzene rings is 1. The monoisotopic (exact) mass is 431 g/mol. The Balaban J connectivity index is 1.43. The summed E-state index contributed by atoms with van der Waals surface area (Å²) in [6, 6.07) is 8.20. The number of alkyl halides is 3. The molecule has 4 rings (SSSR count). The molecule has 0 spiro atoms. The molecule has 1 aromatic heterocycles. The van der Waals surface area contributed by atoms with E-state index in [1.807, 2.05) is 19.1 Å².